The van der Waals surface area contributed by atoms with Gasteiger partial charge in [0.05, 0.1) is 23.5 Å². The van der Waals surface area contributed by atoms with Crippen LogP contribution in [0.3, 0.4) is 0 Å². The van der Waals surface area contributed by atoms with Crippen molar-refractivity contribution in [2.45, 2.75) is 29.0 Å². The minimum absolute atomic E-state index is 0.0180. The molecule has 0 saturated carbocycles. The lowest BCUT2D eigenvalue weighted by Gasteiger charge is -2.26. The maximum Gasteiger partial charge on any atom is 0.244 e. The molecule has 1 fully saturated rings. The zero-order valence-corrected chi connectivity index (χ0v) is 18.2. The summed E-state index contributed by atoms with van der Waals surface area (Å²) in [6, 6.07) is 12.7. The van der Waals surface area contributed by atoms with Crippen molar-refractivity contribution >= 4 is 33.4 Å². The normalized spacial score (nSPS) is 16.3. The van der Waals surface area contributed by atoms with Crippen LogP contribution in [0.2, 0.25) is 0 Å². The predicted molar refractivity (Wildman–Crippen MR) is 114 cm³/mol. The number of thioether (sulfide) groups is 1. The SMILES string of the molecule is CCN(C(=O)[C@H](C)Sc1ccc(S(=O)(=O)N2CCOCC2)cn1)c1ccccc1. The molecule has 0 radical (unpaired) electrons. The van der Waals surface area contributed by atoms with Gasteiger partial charge in [0.2, 0.25) is 15.9 Å². The minimum Gasteiger partial charge on any atom is -0.379 e. The lowest BCUT2D eigenvalue weighted by molar-refractivity contribution is -0.117. The number of pyridine rings is 1. The maximum atomic E-state index is 12.9. The van der Waals surface area contributed by atoms with E-state index >= 15 is 0 Å². The molecule has 1 aliphatic heterocycles. The average molecular weight is 436 g/mol. The van der Waals surface area contributed by atoms with Crippen LogP contribution in [-0.2, 0) is 19.6 Å². The predicted octanol–water partition coefficient (Wildman–Crippen LogP) is 2.64. The van der Waals surface area contributed by atoms with Crippen LogP contribution >= 0.6 is 11.8 Å². The molecule has 156 valence electrons. The van der Waals surface area contributed by atoms with E-state index in [-0.39, 0.29) is 16.1 Å². The molecule has 7 nitrogen and oxygen atoms in total. The summed E-state index contributed by atoms with van der Waals surface area (Å²) in [5.74, 6) is -0.0180. The Morgan fingerprint density at radius 3 is 2.48 bits per heavy atom. The van der Waals surface area contributed by atoms with Crippen molar-refractivity contribution in [3.8, 4) is 0 Å². The Labute approximate surface area is 176 Å². The highest BCUT2D eigenvalue weighted by Crippen LogP contribution is 2.26. The lowest BCUT2D eigenvalue weighted by atomic mass is 10.2. The second-order valence-corrected chi connectivity index (χ2v) is 9.83. The molecule has 2 aromatic rings. The Morgan fingerprint density at radius 2 is 1.90 bits per heavy atom. The molecule has 1 aliphatic rings. The zero-order chi connectivity index (χ0) is 20.9. The van der Waals surface area contributed by atoms with Crippen molar-refractivity contribution in [2.24, 2.45) is 0 Å². The first kappa shape index (κ1) is 21.8. The monoisotopic (exact) mass is 435 g/mol. The molecule has 1 atom stereocenters. The summed E-state index contributed by atoms with van der Waals surface area (Å²) in [5, 5.41) is 0.250. The minimum atomic E-state index is -3.57. The Hall–Kier alpha value is -1.94. The van der Waals surface area contributed by atoms with Crippen LogP contribution in [0.1, 0.15) is 13.8 Å². The number of hydrogen-bond acceptors (Lipinski definition) is 6. The molecule has 29 heavy (non-hydrogen) atoms. The summed E-state index contributed by atoms with van der Waals surface area (Å²) < 4.78 is 32.0. The zero-order valence-electron chi connectivity index (χ0n) is 16.5. The van der Waals surface area contributed by atoms with Gasteiger partial charge in [-0.1, -0.05) is 30.0 Å². The van der Waals surface area contributed by atoms with Gasteiger partial charge in [0.15, 0.2) is 0 Å². The second kappa shape index (κ2) is 9.71. The number of carbonyl (C=O) groups excluding carboxylic acids is 1. The van der Waals surface area contributed by atoms with E-state index in [2.05, 4.69) is 4.98 Å². The van der Waals surface area contributed by atoms with E-state index in [0.717, 1.165) is 5.69 Å². The number of benzene rings is 1. The van der Waals surface area contributed by atoms with Crippen molar-refractivity contribution in [1.82, 2.24) is 9.29 Å². The molecular formula is C20H25N3O4S2. The molecule has 9 heteroatoms. The number of carbonyl (C=O) groups is 1. The second-order valence-electron chi connectivity index (χ2n) is 6.53. The average Bonchev–Trinajstić information content (AvgIpc) is 2.76. The summed E-state index contributed by atoms with van der Waals surface area (Å²) in [7, 11) is -3.57. The molecule has 3 rings (SSSR count). The van der Waals surface area contributed by atoms with E-state index in [1.807, 2.05) is 44.2 Å². The molecule has 0 aliphatic carbocycles. The third kappa shape index (κ3) is 5.16. The van der Waals surface area contributed by atoms with Crippen LogP contribution in [0.5, 0.6) is 0 Å². The van der Waals surface area contributed by atoms with Gasteiger partial charge in [-0.3, -0.25) is 4.79 Å². The van der Waals surface area contributed by atoms with E-state index in [9.17, 15) is 13.2 Å². The Bertz CT molecular complexity index is 915. The van der Waals surface area contributed by atoms with Gasteiger partial charge in [-0.15, -0.1) is 0 Å². The number of rotatable bonds is 7. The number of nitrogens with zero attached hydrogens (tertiary/aromatic N) is 3. The number of aromatic nitrogens is 1. The molecule has 1 saturated heterocycles. The first-order valence-electron chi connectivity index (χ1n) is 9.50. The van der Waals surface area contributed by atoms with Crippen molar-refractivity contribution in [3.63, 3.8) is 0 Å². The number of ether oxygens (including phenoxy) is 1. The van der Waals surface area contributed by atoms with Gasteiger partial charge >= 0.3 is 0 Å². The Morgan fingerprint density at radius 1 is 1.21 bits per heavy atom. The topological polar surface area (TPSA) is 79.8 Å². The molecule has 0 spiro atoms. The van der Waals surface area contributed by atoms with Crippen LogP contribution in [0.25, 0.3) is 0 Å². The first-order valence-corrected chi connectivity index (χ1v) is 11.8. The highest BCUT2D eigenvalue weighted by molar-refractivity contribution is 8.00. The van der Waals surface area contributed by atoms with Gasteiger partial charge in [0, 0.05) is 31.5 Å². The Balaban J connectivity index is 1.68. The van der Waals surface area contributed by atoms with Crippen LogP contribution < -0.4 is 4.90 Å². The largest absolute Gasteiger partial charge is 0.379 e. The molecule has 1 aromatic heterocycles. The van der Waals surface area contributed by atoms with Crippen LogP contribution in [-0.4, -0.2) is 61.7 Å². The summed E-state index contributed by atoms with van der Waals surface area (Å²) in [6.45, 7) is 5.82. The maximum absolute atomic E-state index is 12.9. The standard InChI is InChI=1S/C20H25N3O4S2/c1-3-23(17-7-5-4-6-8-17)20(24)16(2)28-19-10-9-18(15-21-19)29(25,26)22-11-13-27-14-12-22/h4-10,15-16H,3,11-14H2,1-2H3/t16-/m0/s1. The van der Waals surface area contributed by atoms with E-state index in [4.69, 9.17) is 4.74 Å². The third-order valence-corrected chi connectivity index (χ3v) is 7.53. The van der Waals surface area contributed by atoms with Crippen molar-refractivity contribution in [2.75, 3.05) is 37.7 Å². The molecule has 2 heterocycles. The molecule has 0 N–H and O–H groups in total. The van der Waals surface area contributed by atoms with Gasteiger partial charge in [-0.25, -0.2) is 13.4 Å². The summed E-state index contributed by atoms with van der Waals surface area (Å²) >= 11 is 1.31. The number of hydrogen-bond donors (Lipinski definition) is 0. The molecular weight excluding hydrogens is 410 g/mol. The van der Waals surface area contributed by atoms with Crippen LogP contribution in [0.15, 0.2) is 58.6 Å². The van der Waals surface area contributed by atoms with Crippen LogP contribution in [0, 0.1) is 0 Å². The van der Waals surface area contributed by atoms with Gasteiger partial charge in [-0.05, 0) is 38.1 Å². The molecule has 0 unspecified atom stereocenters. The number of amides is 1. The van der Waals surface area contributed by atoms with Crippen molar-refractivity contribution in [3.05, 3.63) is 48.7 Å². The van der Waals surface area contributed by atoms with Crippen molar-refractivity contribution < 1.29 is 17.9 Å². The Kier molecular flexibility index (Phi) is 7.28. The van der Waals surface area contributed by atoms with E-state index in [1.54, 1.807) is 17.0 Å². The van der Waals surface area contributed by atoms with Gasteiger partial charge in [0.25, 0.3) is 0 Å². The van der Waals surface area contributed by atoms with E-state index < -0.39 is 10.0 Å². The highest BCUT2D eigenvalue weighted by Gasteiger charge is 2.27. The van der Waals surface area contributed by atoms with E-state index in [1.165, 1.54) is 22.3 Å². The number of anilines is 1. The molecule has 1 aromatic carbocycles. The smallest absolute Gasteiger partial charge is 0.244 e. The van der Waals surface area contributed by atoms with Gasteiger partial charge in [0.1, 0.15) is 4.90 Å². The fourth-order valence-corrected chi connectivity index (χ4v) is 5.25. The number of sulfonamides is 1. The highest BCUT2D eigenvalue weighted by atomic mass is 32.2. The molecule has 0 bridgehead atoms. The molecule has 1 amide bonds. The number of morpholine rings is 1. The lowest BCUT2D eigenvalue weighted by Crippen LogP contribution is -2.40. The number of para-hydroxylation sites is 1. The quantitative estimate of drug-likeness (QED) is 0.622. The third-order valence-electron chi connectivity index (χ3n) is 4.61. The van der Waals surface area contributed by atoms with Crippen LogP contribution in [0.4, 0.5) is 5.69 Å². The van der Waals surface area contributed by atoms with Gasteiger partial charge in [-0.2, -0.15) is 4.31 Å². The van der Waals surface area contributed by atoms with E-state index in [0.29, 0.717) is 37.9 Å². The fourth-order valence-electron chi connectivity index (χ4n) is 3.05. The van der Waals surface area contributed by atoms with Crippen molar-refractivity contribution in [1.29, 1.82) is 0 Å². The fraction of sp³-hybridized carbons (Fsp3) is 0.400. The summed E-state index contributed by atoms with van der Waals surface area (Å²) in [6.07, 6.45) is 1.36. The summed E-state index contributed by atoms with van der Waals surface area (Å²) in [4.78, 5) is 19.0. The van der Waals surface area contributed by atoms with Gasteiger partial charge < -0.3 is 9.64 Å². The first-order chi connectivity index (χ1) is 13.9. The summed E-state index contributed by atoms with van der Waals surface area (Å²) in [5.41, 5.74) is 0.854.